The second-order valence-corrected chi connectivity index (χ2v) is 3.83. The van der Waals surface area contributed by atoms with Gasteiger partial charge in [-0.25, -0.2) is 0 Å². The maximum absolute atomic E-state index is 11.8. The van der Waals surface area contributed by atoms with Crippen molar-refractivity contribution in [2.24, 2.45) is 0 Å². The van der Waals surface area contributed by atoms with Crippen molar-refractivity contribution in [1.82, 2.24) is 10.3 Å². The number of carbonyl (C=O) groups excluding carboxylic acids is 1. The highest BCUT2D eigenvalue weighted by Gasteiger charge is 2.22. The highest BCUT2D eigenvalue weighted by molar-refractivity contribution is 5.95. The lowest BCUT2D eigenvalue weighted by atomic mass is 10.2. The SMILES string of the molecule is Cc1cnccc1NC(=O)C1CCCN1.Cl.Cl. The highest BCUT2D eigenvalue weighted by atomic mass is 35.5. The fourth-order valence-electron chi connectivity index (χ4n) is 1.74. The molecule has 0 spiro atoms. The minimum Gasteiger partial charge on any atom is -0.324 e. The molecule has 0 aromatic carbocycles. The number of hydrogen-bond acceptors (Lipinski definition) is 3. The molecular formula is C11H17Cl2N3O. The lowest BCUT2D eigenvalue weighted by molar-refractivity contribution is -0.117. The molecule has 0 saturated carbocycles. The summed E-state index contributed by atoms with van der Waals surface area (Å²) in [5.41, 5.74) is 1.84. The Labute approximate surface area is 113 Å². The molecule has 2 N–H and O–H groups in total. The first-order chi connectivity index (χ1) is 7.27. The Morgan fingerprint density at radius 2 is 2.29 bits per heavy atom. The number of pyridine rings is 1. The first kappa shape index (κ1) is 16.2. The summed E-state index contributed by atoms with van der Waals surface area (Å²) in [6.07, 6.45) is 5.44. The van der Waals surface area contributed by atoms with Crippen LogP contribution in [0, 0.1) is 6.92 Å². The third kappa shape index (κ3) is 4.15. The summed E-state index contributed by atoms with van der Waals surface area (Å²) in [6, 6.07) is 1.79. The molecule has 4 nitrogen and oxygen atoms in total. The number of hydrogen-bond donors (Lipinski definition) is 2. The van der Waals surface area contributed by atoms with E-state index in [1.165, 1.54) is 0 Å². The van der Waals surface area contributed by atoms with Crippen LogP contribution in [0.3, 0.4) is 0 Å². The van der Waals surface area contributed by atoms with Gasteiger partial charge in [0.25, 0.3) is 0 Å². The van der Waals surface area contributed by atoms with Gasteiger partial charge < -0.3 is 10.6 Å². The van der Waals surface area contributed by atoms with Crippen LogP contribution in [-0.2, 0) is 4.79 Å². The van der Waals surface area contributed by atoms with Gasteiger partial charge in [-0.2, -0.15) is 0 Å². The van der Waals surface area contributed by atoms with E-state index < -0.39 is 0 Å². The highest BCUT2D eigenvalue weighted by Crippen LogP contribution is 2.13. The Morgan fingerprint density at radius 3 is 2.88 bits per heavy atom. The summed E-state index contributed by atoms with van der Waals surface area (Å²) in [5, 5.41) is 6.08. The van der Waals surface area contributed by atoms with Crippen LogP contribution < -0.4 is 10.6 Å². The fourth-order valence-corrected chi connectivity index (χ4v) is 1.74. The van der Waals surface area contributed by atoms with Gasteiger partial charge in [0.15, 0.2) is 0 Å². The Hall–Kier alpha value is -0.840. The molecule has 1 atom stereocenters. The van der Waals surface area contributed by atoms with E-state index in [0.717, 1.165) is 30.6 Å². The molecule has 1 aliphatic heterocycles. The van der Waals surface area contributed by atoms with Crippen LogP contribution in [-0.4, -0.2) is 23.5 Å². The van der Waals surface area contributed by atoms with Crippen molar-refractivity contribution in [2.75, 3.05) is 11.9 Å². The molecule has 1 fully saturated rings. The molecule has 0 bridgehead atoms. The maximum atomic E-state index is 11.8. The number of carbonyl (C=O) groups is 1. The summed E-state index contributed by atoms with van der Waals surface area (Å²) >= 11 is 0. The van der Waals surface area contributed by atoms with E-state index in [4.69, 9.17) is 0 Å². The normalized spacial score (nSPS) is 17.8. The van der Waals surface area contributed by atoms with Gasteiger partial charge in [-0.3, -0.25) is 9.78 Å². The van der Waals surface area contributed by atoms with Gasteiger partial charge >= 0.3 is 0 Å². The topological polar surface area (TPSA) is 54.0 Å². The largest absolute Gasteiger partial charge is 0.324 e. The van der Waals surface area contributed by atoms with Crippen molar-refractivity contribution in [3.63, 3.8) is 0 Å². The van der Waals surface area contributed by atoms with E-state index >= 15 is 0 Å². The van der Waals surface area contributed by atoms with Crippen molar-refractivity contribution < 1.29 is 4.79 Å². The number of rotatable bonds is 2. The van der Waals surface area contributed by atoms with Crippen LogP contribution in [0.15, 0.2) is 18.5 Å². The van der Waals surface area contributed by atoms with Crippen molar-refractivity contribution in [3.8, 4) is 0 Å². The van der Waals surface area contributed by atoms with E-state index in [2.05, 4.69) is 15.6 Å². The molecule has 1 saturated heterocycles. The van der Waals surface area contributed by atoms with Crippen LogP contribution in [0.2, 0.25) is 0 Å². The summed E-state index contributed by atoms with van der Waals surface area (Å²) in [5.74, 6) is 0.0572. The van der Waals surface area contributed by atoms with Crippen LogP contribution in [0.1, 0.15) is 18.4 Å². The molecule has 1 unspecified atom stereocenters. The van der Waals surface area contributed by atoms with Crippen molar-refractivity contribution in [1.29, 1.82) is 0 Å². The quantitative estimate of drug-likeness (QED) is 0.869. The van der Waals surface area contributed by atoms with Crippen molar-refractivity contribution >= 4 is 36.4 Å². The average molecular weight is 278 g/mol. The molecule has 17 heavy (non-hydrogen) atoms. The summed E-state index contributed by atoms with van der Waals surface area (Å²) in [4.78, 5) is 15.8. The minimum atomic E-state index is -0.0300. The first-order valence-corrected chi connectivity index (χ1v) is 5.22. The molecule has 6 heteroatoms. The van der Waals surface area contributed by atoms with E-state index in [-0.39, 0.29) is 36.8 Å². The van der Waals surface area contributed by atoms with E-state index in [0.29, 0.717) is 0 Å². The molecular weight excluding hydrogens is 261 g/mol. The lowest BCUT2D eigenvalue weighted by Crippen LogP contribution is -2.35. The van der Waals surface area contributed by atoms with Crippen LogP contribution >= 0.6 is 24.8 Å². The number of amides is 1. The molecule has 1 aliphatic rings. The minimum absolute atomic E-state index is 0. The van der Waals surface area contributed by atoms with Gasteiger partial charge in [-0.1, -0.05) is 0 Å². The molecule has 0 radical (unpaired) electrons. The molecule has 1 aromatic rings. The second-order valence-electron chi connectivity index (χ2n) is 3.83. The predicted octanol–water partition coefficient (Wildman–Crippen LogP) is 1.92. The maximum Gasteiger partial charge on any atom is 0.241 e. The standard InChI is InChI=1S/C11H15N3O.2ClH/c1-8-7-12-6-4-9(8)14-11(15)10-3-2-5-13-10;;/h4,6-7,10,13H,2-3,5H2,1H3,(H,12,14,15);2*1H. The number of aromatic nitrogens is 1. The van der Waals surface area contributed by atoms with Gasteiger partial charge in [0.1, 0.15) is 0 Å². The number of halogens is 2. The third-order valence-corrected chi connectivity index (χ3v) is 2.65. The molecule has 96 valence electrons. The predicted molar refractivity (Wildman–Crippen MR) is 73.1 cm³/mol. The summed E-state index contributed by atoms with van der Waals surface area (Å²) < 4.78 is 0. The summed E-state index contributed by atoms with van der Waals surface area (Å²) in [6.45, 7) is 2.87. The first-order valence-electron chi connectivity index (χ1n) is 5.22. The van der Waals surface area contributed by atoms with Crippen LogP contribution in [0.25, 0.3) is 0 Å². The van der Waals surface area contributed by atoms with Gasteiger partial charge in [0.2, 0.25) is 5.91 Å². The lowest BCUT2D eigenvalue weighted by Gasteiger charge is -2.12. The van der Waals surface area contributed by atoms with Gasteiger partial charge in [-0.05, 0) is 37.9 Å². The van der Waals surface area contributed by atoms with Crippen molar-refractivity contribution in [2.45, 2.75) is 25.8 Å². The zero-order chi connectivity index (χ0) is 10.7. The zero-order valence-electron chi connectivity index (χ0n) is 9.60. The van der Waals surface area contributed by atoms with E-state index in [1.54, 1.807) is 12.4 Å². The third-order valence-electron chi connectivity index (χ3n) is 2.65. The smallest absolute Gasteiger partial charge is 0.241 e. The molecule has 1 amide bonds. The number of aryl methyl sites for hydroxylation is 1. The summed E-state index contributed by atoms with van der Waals surface area (Å²) in [7, 11) is 0. The fraction of sp³-hybridized carbons (Fsp3) is 0.455. The van der Waals surface area contributed by atoms with E-state index in [9.17, 15) is 4.79 Å². The average Bonchev–Trinajstić information content (AvgIpc) is 2.74. The van der Waals surface area contributed by atoms with E-state index in [1.807, 2.05) is 13.0 Å². The monoisotopic (exact) mass is 277 g/mol. The van der Waals surface area contributed by atoms with Crippen LogP contribution in [0.4, 0.5) is 5.69 Å². The Kier molecular flexibility index (Phi) is 7.11. The Bertz CT molecular complexity index is 367. The Morgan fingerprint density at radius 1 is 1.53 bits per heavy atom. The number of anilines is 1. The van der Waals surface area contributed by atoms with Crippen molar-refractivity contribution in [3.05, 3.63) is 24.0 Å². The zero-order valence-corrected chi connectivity index (χ0v) is 11.2. The van der Waals surface area contributed by atoms with Crippen LogP contribution in [0.5, 0.6) is 0 Å². The molecule has 1 aromatic heterocycles. The second kappa shape index (κ2) is 7.48. The van der Waals surface area contributed by atoms with Gasteiger partial charge in [-0.15, -0.1) is 24.8 Å². The number of nitrogens with zero attached hydrogens (tertiary/aromatic N) is 1. The molecule has 2 heterocycles. The Balaban J connectivity index is 0.00000128. The van der Waals surface area contributed by atoms with Gasteiger partial charge in [0.05, 0.1) is 6.04 Å². The molecule has 2 rings (SSSR count). The number of nitrogens with one attached hydrogen (secondary N) is 2. The van der Waals surface area contributed by atoms with Gasteiger partial charge in [0, 0.05) is 18.1 Å². The molecule has 0 aliphatic carbocycles.